The van der Waals surface area contributed by atoms with E-state index in [1.807, 2.05) is 6.92 Å². The van der Waals surface area contributed by atoms with Crippen LogP contribution in [-0.4, -0.2) is 4.92 Å². The second-order valence-corrected chi connectivity index (χ2v) is 4.20. The summed E-state index contributed by atoms with van der Waals surface area (Å²) in [6.07, 6.45) is 0. The van der Waals surface area contributed by atoms with Gasteiger partial charge in [0, 0.05) is 11.1 Å². The van der Waals surface area contributed by atoms with Crippen LogP contribution in [0.1, 0.15) is 5.56 Å². The van der Waals surface area contributed by atoms with Crippen molar-refractivity contribution in [2.75, 3.05) is 0 Å². The van der Waals surface area contributed by atoms with Gasteiger partial charge in [0.15, 0.2) is 0 Å². The summed E-state index contributed by atoms with van der Waals surface area (Å²) in [5.41, 5.74) is 0.833. The summed E-state index contributed by atoms with van der Waals surface area (Å²) in [5.74, 6) is 1.05. The first-order chi connectivity index (χ1) is 8.56. The average molecular weight is 264 g/mol. The number of rotatable bonds is 3. The maximum absolute atomic E-state index is 10.7. The van der Waals surface area contributed by atoms with E-state index in [-0.39, 0.29) is 5.69 Å². The molecule has 0 spiro atoms. The van der Waals surface area contributed by atoms with Crippen LogP contribution in [0.2, 0.25) is 5.02 Å². The minimum atomic E-state index is -0.450. The Morgan fingerprint density at radius 1 is 1.17 bits per heavy atom. The minimum absolute atomic E-state index is 0.00423. The monoisotopic (exact) mass is 263 g/mol. The van der Waals surface area contributed by atoms with Crippen LogP contribution >= 0.6 is 11.6 Å². The lowest BCUT2D eigenvalue weighted by Crippen LogP contribution is -1.92. The van der Waals surface area contributed by atoms with Crippen LogP contribution in [0.25, 0.3) is 0 Å². The summed E-state index contributed by atoms with van der Waals surface area (Å²) in [5, 5.41) is 11.3. The highest BCUT2D eigenvalue weighted by Gasteiger charge is 2.10. The van der Waals surface area contributed by atoms with Crippen molar-refractivity contribution < 1.29 is 9.66 Å². The van der Waals surface area contributed by atoms with Crippen molar-refractivity contribution in [1.29, 1.82) is 0 Å². The number of nitro benzene ring substituents is 1. The molecule has 92 valence electrons. The molecule has 5 heteroatoms. The lowest BCUT2D eigenvalue weighted by Gasteiger charge is -2.08. The van der Waals surface area contributed by atoms with Gasteiger partial charge in [-0.25, -0.2) is 0 Å². The molecule has 0 saturated heterocycles. The van der Waals surface area contributed by atoms with Crippen molar-refractivity contribution >= 4 is 17.3 Å². The molecule has 18 heavy (non-hydrogen) atoms. The predicted molar refractivity (Wildman–Crippen MR) is 69.4 cm³/mol. The second-order valence-electron chi connectivity index (χ2n) is 3.76. The molecule has 0 aromatic heterocycles. The number of nitro groups is 1. The molecule has 0 unspecified atom stereocenters. The van der Waals surface area contributed by atoms with Gasteiger partial charge < -0.3 is 4.74 Å². The van der Waals surface area contributed by atoms with Crippen LogP contribution in [-0.2, 0) is 0 Å². The van der Waals surface area contributed by atoms with Gasteiger partial charge in [0.1, 0.15) is 11.5 Å². The average Bonchev–Trinajstić information content (AvgIpc) is 2.34. The van der Waals surface area contributed by atoms with Gasteiger partial charge in [-0.3, -0.25) is 10.1 Å². The summed E-state index contributed by atoms with van der Waals surface area (Å²) in [7, 11) is 0. The van der Waals surface area contributed by atoms with Crippen molar-refractivity contribution in [3.05, 3.63) is 63.2 Å². The van der Waals surface area contributed by atoms with Gasteiger partial charge in [-0.2, -0.15) is 0 Å². The maximum atomic E-state index is 10.7. The summed E-state index contributed by atoms with van der Waals surface area (Å²) >= 11 is 5.77. The smallest absolute Gasteiger partial charge is 0.273 e. The van der Waals surface area contributed by atoms with E-state index in [0.717, 1.165) is 5.56 Å². The maximum Gasteiger partial charge on any atom is 0.273 e. The second kappa shape index (κ2) is 5.06. The molecular weight excluding hydrogens is 254 g/mol. The number of non-ortho nitro benzene ring substituents is 1. The SMILES string of the molecule is Cc1ccc([N+](=O)[O-])cc1Oc1ccc(Cl)cc1. The Hall–Kier alpha value is -2.07. The van der Waals surface area contributed by atoms with Gasteiger partial charge in [0.05, 0.1) is 11.0 Å². The molecule has 0 heterocycles. The molecule has 0 N–H and O–H groups in total. The van der Waals surface area contributed by atoms with Gasteiger partial charge in [-0.05, 0) is 42.8 Å². The van der Waals surface area contributed by atoms with E-state index in [9.17, 15) is 10.1 Å². The minimum Gasteiger partial charge on any atom is -0.457 e. The first kappa shape index (κ1) is 12.4. The molecule has 0 aliphatic heterocycles. The first-order valence-electron chi connectivity index (χ1n) is 5.25. The molecule has 0 saturated carbocycles. The Bertz CT molecular complexity index is 581. The van der Waals surface area contributed by atoms with Crippen LogP contribution in [0.4, 0.5) is 5.69 Å². The van der Waals surface area contributed by atoms with Crippen molar-refractivity contribution in [3.8, 4) is 11.5 Å². The third-order valence-corrected chi connectivity index (χ3v) is 2.68. The Kier molecular flexibility index (Phi) is 3.48. The normalized spacial score (nSPS) is 10.1. The first-order valence-corrected chi connectivity index (χ1v) is 5.62. The Morgan fingerprint density at radius 2 is 1.83 bits per heavy atom. The van der Waals surface area contributed by atoms with Crippen LogP contribution < -0.4 is 4.74 Å². The largest absolute Gasteiger partial charge is 0.457 e. The third kappa shape index (κ3) is 2.78. The van der Waals surface area contributed by atoms with Gasteiger partial charge in [0.25, 0.3) is 5.69 Å². The van der Waals surface area contributed by atoms with Crippen molar-refractivity contribution in [2.24, 2.45) is 0 Å². The molecule has 0 aliphatic rings. The van der Waals surface area contributed by atoms with E-state index >= 15 is 0 Å². The third-order valence-electron chi connectivity index (χ3n) is 2.42. The topological polar surface area (TPSA) is 52.4 Å². The van der Waals surface area contributed by atoms with Gasteiger partial charge in [0.2, 0.25) is 0 Å². The summed E-state index contributed by atoms with van der Waals surface area (Å²) < 4.78 is 5.59. The van der Waals surface area contributed by atoms with Crippen molar-refractivity contribution in [2.45, 2.75) is 6.92 Å². The number of ether oxygens (including phenoxy) is 1. The van der Waals surface area contributed by atoms with Crippen LogP contribution in [0.15, 0.2) is 42.5 Å². The molecule has 0 radical (unpaired) electrons. The quantitative estimate of drug-likeness (QED) is 0.611. The lowest BCUT2D eigenvalue weighted by atomic mass is 10.2. The number of nitrogens with zero attached hydrogens (tertiary/aromatic N) is 1. The van der Waals surface area contributed by atoms with Gasteiger partial charge in [-0.15, -0.1) is 0 Å². The number of benzene rings is 2. The molecule has 0 aliphatic carbocycles. The fourth-order valence-electron chi connectivity index (χ4n) is 1.44. The lowest BCUT2D eigenvalue weighted by molar-refractivity contribution is -0.384. The molecule has 0 bridgehead atoms. The zero-order chi connectivity index (χ0) is 13.1. The summed E-state index contributed by atoms with van der Waals surface area (Å²) in [4.78, 5) is 10.2. The molecule has 0 amide bonds. The van der Waals surface area contributed by atoms with E-state index in [2.05, 4.69) is 0 Å². The number of hydrogen-bond donors (Lipinski definition) is 0. The molecule has 2 rings (SSSR count). The van der Waals surface area contributed by atoms with E-state index < -0.39 is 4.92 Å². The van der Waals surface area contributed by atoms with Gasteiger partial charge >= 0.3 is 0 Å². The molecular formula is C13H10ClNO3. The van der Waals surface area contributed by atoms with Crippen LogP contribution in [0, 0.1) is 17.0 Å². The van der Waals surface area contributed by atoms with Gasteiger partial charge in [-0.1, -0.05) is 11.6 Å². The highest BCUT2D eigenvalue weighted by molar-refractivity contribution is 6.30. The van der Waals surface area contributed by atoms with Crippen LogP contribution in [0.5, 0.6) is 11.5 Å². The van der Waals surface area contributed by atoms with Crippen LogP contribution in [0.3, 0.4) is 0 Å². The Balaban J connectivity index is 2.30. The number of hydrogen-bond acceptors (Lipinski definition) is 3. The standard InChI is InChI=1S/C13H10ClNO3/c1-9-2-5-11(15(16)17)8-13(9)18-12-6-3-10(14)4-7-12/h2-8H,1H3. The van der Waals surface area contributed by atoms with E-state index in [0.29, 0.717) is 16.5 Å². The Labute approximate surface area is 109 Å². The zero-order valence-electron chi connectivity index (χ0n) is 9.59. The van der Waals surface area contributed by atoms with E-state index in [4.69, 9.17) is 16.3 Å². The number of halogens is 1. The molecule has 0 fully saturated rings. The highest BCUT2D eigenvalue weighted by atomic mass is 35.5. The van der Waals surface area contributed by atoms with E-state index in [1.165, 1.54) is 12.1 Å². The number of aryl methyl sites for hydroxylation is 1. The van der Waals surface area contributed by atoms with E-state index in [1.54, 1.807) is 30.3 Å². The summed E-state index contributed by atoms with van der Waals surface area (Å²) in [6.45, 7) is 1.83. The Morgan fingerprint density at radius 3 is 2.44 bits per heavy atom. The summed E-state index contributed by atoms with van der Waals surface area (Å²) in [6, 6.07) is 11.3. The predicted octanol–water partition coefficient (Wildman–Crippen LogP) is 4.35. The fourth-order valence-corrected chi connectivity index (χ4v) is 1.57. The molecule has 0 atom stereocenters. The molecule has 2 aromatic rings. The van der Waals surface area contributed by atoms with Crippen molar-refractivity contribution in [1.82, 2.24) is 0 Å². The van der Waals surface area contributed by atoms with Crippen molar-refractivity contribution in [3.63, 3.8) is 0 Å². The zero-order valence-corrected chi connectivity index (χ0v) is 10.3. The fraction of sp³-hybridized carbons (Fsp3) is 0.0769. The molecule has 2 aromatic carbocycles. The highest BCUT2D eigenvalue weighted by Crippen LogP contribution is 2.29. The molecule has 4 nitrogen and oxygen atoms in total.